The highest BCUT2D eigenvalue weighted by atomic mass is 32.2. The lowest BCUT2D eigenvalue weighted by Crippen LogP contribution is -2.15. The summed E-state index contributed by atoms with van der Waals surface area (Å²) in [5, 5.41) is 0. The second-order valence-electron chi connectivity index (χ2n) is 4.23. The number of nitrogen functional groups attached to an aromatic ring is 1. The van der Waals surface area contributed by atoms with E-state index < -0.39 is 27.3 Å². The third kappa shape index (κ3) is 2.72. The van der Waals surface area contributed by atoms with E-state index in [1.165, 1.54) is 37.3 Å². The Kier molecular flexibility index (Phi) is 3.63. The summed E-state index contributed by atoms with van der Waals surface area (Å²) in [5.74, 6) is -1.92. The van der Waals surface area contributed by atoms with Crippen molar-refractivity contribution >= 4 is 21.4 Å². The summed E-state index contributed by atoms with van der Waals surface area (Å²) < 4.78 is 53.3. The van der Waals surface area contributed by atoms with Crippen molar-refractivity contribution in [1.82, 2.24) is 0 Å². The van der Waals surface area contributed by atoms with E-state index >= 15 is 0 Å². The smallest absolute Gasteiger partial charge is 0.262 e. The number of anilines is 2. The molecule has 0 saturated carbocycles. The predicted octanol–water partition coefficient (Wildman–Crippen LogP) is 2.66. The SMILES string of the molecule is Cc1ccc(F)c(NS(=O)(=O)c2ccc(N)cc2)c1F. The zero-order chi connectivity index (χ0) is 14.9. The van der Waals surface area contributed by atoms with Crippen LogP contribution in [0.4, 0.5) is 20.2 Å². The van der Waals surface area contributed by atoms with Crippen molar-refractivity contribution < 1.29 is 17.2 Å². The van der Waals surface area contributed by atoms with Crippen molar-refractivity contribution in [2.24, 2.45) is 0 Å². The summed E-state index contributed by atoms with van der Waals surface area (Å²) in [4.78, 5) is -0.132. The Morgan fingerprint density at radius 2 is 1.65 bits per heavy atom. The van der Waals surface area contributed by atoms with Crippen molar-refractivity contribution in [3.8, 4) is 0 Å². The van der Waals surface area contributed by atoms with Crippen molar-refractivity contribution in [3.63, 3.8) is 0 Å². The molecule has 0 atom stereocenters. The van der Waals surface area contributed by atoms with Crippen LogP contribution in [-0.4, -0.2) is 8.42 Å². The Morgan fingerprint density at radius 1 is 1.05 bits per heavy atom. The molecule has 0 aliphatic carbocycles. The molecule has 106 valence electrons. The van der Waals surface area contributed by atoms with Crippen LogP contribution in [0.2, 0.25) is 0 Å². The summed E-state index contributed by atoms with van der Waals surface area (Å²) in [6, 6.07) is 7.51. The topological polar surface area (TPSA) is 72.2 Å². The van der Waals surface area contributed by atoms with E-state index in [9.17, 15) is 17.2 Å². The zero-order valence-electron chi connectivity index (χ0n) is 10.5. The van der Waals surface area contributed by atoms with E-state index in [0.717, 1.165) is 6.07 Å². The van der Waals surface area contributed by atoms with Gasteiger partial charge in [0.2, 0.25) is 0 Å². The maximum atomic E-state index is 13.8. The molecular formula is C13H12F2N2O2S. The average Bonchev–Trinajstić information content (AvgIpc) is 2.40. The predicted molar refractivity (Wildman–Crippen MR) is 72.8 cm³/mol. The number of halogens is 2. The van der Waals surface area contributed by atoms with Gasteiger partial charge in [-0.15, -0.1) is 0 Å². The second kappa shape index (κ2) is 5.09. The van der Waals surface area contributed by atoms with Gasteiger partial charge < -0.3 is 5.73 Å². The molecule has 3 N–H and O–H groups in total. The maximum Gasteiger partial charge on any atom is 0.262 e. The lowest BCUT2D eigenvalue weighted by molar-refractivity contribution is 0.579. The van der Waals surface area contributed by atoms with Crippen molar-refractivity contribution in [1.29, 1.82) is 0 Å². The lowest BCUT2D eigenvalue weighted by Gasteiger charge is -2.11. The van der Waals surface area contributed by atoms with Crippen LogP contribution in [0, 0.1) is 18.6 Å². The van der Waals surface area contributed by atoms with Gasteiger partial charge in [0, 0.05) is 5.69 Å². The molecule has 0 amide bonds. The fourth-order valence-electron chi connectivity index (χ4n) is 1.59. The Bertz CT molecular complexity index is 744. The van der Waals surface area contributed by atoms with Crippen LogP contribution in [0.15, 0.2) is 41.3 Å². The van der Waals surface area contributed by atoms with Gasteiger partial charge in [-0.2, -0.15) is 0 Å². The normalized spacial score (nSPS) is 11.3. The Hall–Kier alpha value is -2.15. The van der Waals surface area contributed by atoms with Crippen molar-refractivity contribution in [2.75, 3.05) is 10.5 Å². The number of nitrogens with one attached hydrogen (secondary N) is 1. The van der Waals surface area contributed by atoms with Gasteiger partial charge in [-0.3, -0.25) is 4.72 Å². The van der Waals surface area contributed by atoms with Crippen LogP contribution >= 0.6 is 0 Å². The Balaban J connectivity index is 2.43. The minimum absolute atomic E-state index is 0.132. The minimum Gasteiger partial charge on any atom is -0.399 e. The zero-order valence-corrected chi connectivity index (χ0v) is 11.3. The Labute approximate surface area is 115 Å². The molecule has 2 aromatic carbocycles. The first-order valence-corrected chi connectivity index (χ1v) is 7.12. The van der Waals surface area contributed by atoms with Gasteiger partial charge in [0.1, 0.15) is 11.5 Å². The summed E-state index contributed by atoms with van der Waals surface area (Å²) >= 11 is 0. The molecule has 0 radical (unpaired) electrons. The van der Waals surface area contributed by atoms with E-state index in [-0.39, 0.29) is 10.5 Å². The van der Waals surface area contributed by atoms with Crippen LogP contribution in [0.3, 0.4) is 0 Å². The van der Waals surface area contributed by atoms with E-state index in [1.807, 2.05) is 4.72 Å². The largest absolute Gasteiger partial charge is 0.399 e. The minimum atomic E-state index is -4.08. The van der Waals surface area contributed by atoms with Gasteiger partial charge in [0.05, 0.1) is 4.90 Å². The van der Waals surface area contributed by atoms with E-state index in [2.05, 4.69) is 0 Å². The maximum absolute atomic E-state index is 13.8. The molecule has 0 bridgehead atoms. The molecule has 0 saturated heterocycles. The molecule has 0 aliphatic heterocycles. The Morgan fingerprint density at radius 3 is 2.25 bits per heavy atom. The number of aryl methyl sites for hydroxylation is 1. The average molecular weight is 298 g/mol. The number of sulfonamides is 1. The van der Waals surface area contributed by atoms with Crippen LogP contribution < -0.4 is 10.5 Å². The van der Waals surface area contributed by atoms with Crippen LogP contribution in [0.25, 0.3) is 0 Å². The lowest BCUT2D eigenvalue weighted by atomic mass is 10.2. The van der Waals surface area contributed by atoms with Gasteiger partial charge in [-0.05, 0) is 42.8 Å². The number of nitrogens with two attached hydrogens (primary N) is 1. The first kappa shape index (κ1) is 14.3. The van der Waals surface area contributed by atoms with Gasteiger partial charge in [0.15, 0.2) is 5.82 Å². The second-order valence-corrected chi connectivity index (χ2v) is 5.91. The number of hydrogen-bond acceptors (Lipinski definition) is 3. The first-order chi connectivity index (χ1) is 9.31. The van der Waals surface area contributed by atoms with Gasteiger partial charge in [0.25, 0.3) is 10.0 Å². The number of benzene rings is 2. The summed E-state index contributed by atoms with van der Waals surface area (Å²) in [7, 11) is -4.08. The fraction of sp³-hybridized carbons (Fsp3) is 0.0769. The first-order valence-electron chi connectivity index (χ1n) is 5.64. The molecule has 20 heavy (non-hydrogen) atoms. The monoisotopic (exact) mass is 298 g/mol. The molecule has 0 unspecified atom stereocenters. The quantitative estimate of drug-likeness (QED) is 0.856. The van der Waals surface area contributed by atoms with Crippen LogP contribution in [-0.2, 0) is 10.0 Å². The molecule has 0 aliphatic rings. The highest BCUT2D eigenvalue weighted by Crippen LogP contribution is 2.25. The van der Waals surface area contributed by atoms with Crippen molar-refractivity contribution in [2.45, 2.75) is 11.8 Å². The fourth-order valence-corrected chi connectivity index (χ4v) is 2.66. The van der Waals surface area contributed by atoms with Crippen molar-refractivity contribution in [3.05, 3.63) is 53.6 Å². The van der Waals surface area contributed by atoms with Gasteiger partial charge >= 0.3 is 0 Å². The molecule has 0 spiro atoms. The van der Waals surface area contributed by atoms with E-state index in [0.29, 0.717) is 5.69 Å². The third-order valence-corrected chi connectivity index (χ3v) is 4.08. The standard InChI is InChI=1S/C13H12F2N2O2S/c1-8-2-7-11(14)13(12(8)15)17-20(18,19)10-5-3-9(16)4-6-10/h2-7,17H,16H2,1H3. The summed E-state index contributed by atoms with van der Waals surface area (Å²) in [6.45, 7) is 1.41. The highest BCUT2D eigenvalue weighted by molar-refractivity contribution is 7.92. The molecule has 0 fully saturated rings. The van der Waals surface area contributed by atoms with Gasteiger partial charge in [-0.25, -0.2) is 17.2 Å². The third-order valence-electron chi connectivity index (χ3n) is 2.71. The van der Waals surface area contributed by atoms with Gasteiger partial charge in [-0.1, -0.05) is 6.07 Å². The van der Waals surface area contributed by atoms with Crippen LogP contribution in [0.1, 0.15) is 5.56 Å². The molecule has 4 nitrogen and oxygen atoms in total. The molecule has 2 rings (SSSR count). The highest BCUT2D eigenvalue weighted by Gasteiger charge is 2.20. The van der Waals surface area contributed by atoms with E-state index in [1.54, 1.807) is 0 Å². The molecular weight excluding hydrogens is 286 g/mol. The molecule has 2 aromatic rings. The summed E-state index contributed by atoms with van der Waals surface area (Å²) in [5.41, 5.74) is 5.29. The molecule has 7 heteroatoms. The summed E-state index contributed by atoms with van der Waals surface area (Å²) in [6.07, 6.45) is 0. The van der Waals surface area contributed by atoms with E-state index in [4.69, 9.17) is 5.73 Å². The molecule has 0 heterocycles. The number of rotatable bonds is 3. The van der Waals surface area contributed by atoms with Crippen LogP contribution in [0.5, 0.6) is 0 Å². The number of hydrogen-bond donors (Lipinski definition) is 2. The molecule has 0 aromatic heterocycles.